The molecule has 1 saturated heterocycles. The topological polar surface area (TPSA) is 140 Å². The van der Waals surface area contributed by atoms with Gasteiger partial charge in [-0.05, 0) is 31.5 Å². The molecule has 0 radical (unpaired) electrons. The molecule has 38 heavy (non-hydrogen) atoms. The van der Waals surface area contributed by atoms with Crippen LogP contribution in [0, 0.1) is 11.7 Å². The minimum Gasteiger partial charge on any atom is -0.477 e. The summed E-state index contributed by atoms with van der Waals surface area (Å²) in [4.78, 5) is 51.7. The number of fused-ring (bicyclic) bond motifs is 1. The van der Waals surface area contributed by atoms with Crippen LogP contribution in [0.1, 0.15) is 30.1 Å². The van der Waals surface area contributed by atoms with Gasteiger partial charge in [0, 0.05) is 68.4 Å². The number of Topliss-reactive ketones (excluding diaryl/α,β-unsaturated/α-hetero) is 1. The number of nitrogens with zero attached hydrogens (tertiary/aromatic N) is 6. The number of hydrogen-bond acceptors (Lipinski definition) is 10. The van der Waals surface area contributed by atoms with Gasteiger partial charge in [-0.2, -0.15) is 9.36 Å². The van der Waals surface area contributed by atoms with Gasteiger partial charge in [0.1, 0.15) is 11.3 Å². The number of hydrogen-bond donors (Lipinski definition) is 1. The molecule has 5 heterocycles. The molecule has 0 aromatic carbocycles. The summed E-state index contributed by atoms with van der Waals surface area (Å²) in [6, 6.07) is 4.49. The van der Waals surface area contributed by atoms with Crippen LogP contribution >= 0.6 is 11.5 Å². The van der Waals surface area contributed by atoms with Crippen LogP contribution < -0.4 is 10.3 Å². The Kier molecular flexibility index (Phi) is 7.20. The number of aromatic nitrogens is 5. The van der Waals surface area contributed by atoms with Gasteiger partial charge in [-0.15, -0.1) is 0 Å². The van der Waals surface area contributed by atoms with Crippen LogP contribution in [0.4, 0.5) is 10.2 Å². The molecule has 4 aromatic rings. The van der Waals surface area contributed by atoms with Crippen molar-refractivity contribution < 1.29 is 23.8 Å². The van der Waals surface area contributed by atoms with Crippen molar-refractivity contribution in [2.75, 3.05) is 31.2 Å². The van der Waals surface area contributed by atoms with Crippen molar-refractivity contribution in [1.82, 2.24) is 23.9 Å². The van der Waals surface area contributed by atoms with E-state index in [0.29, 0.717) is 50.5 Å². The fourth-order valence-electron chi connectivity index (χ4n) is 4.21. The highest BCUT2D eigenvalue weighted by molar-refractivity contribution is 7.08. The Bertz CT molecular complexity index is 1570. The van der Waals surface area contributed by atoms with Gasteiger partial charge < -0.3 is 14.7 Å². The summed E-state index contributed by atoms with van der Waals surface area (Å²) in [7, 11) is 0. The van der Waals surface area contributed by atoms with Gasteiger partial charge in [0.2, 0.25) is 10.6 Å². The number of carbonyl (C=O) groups excluding carboxylic acids is 1. The van der Waals surface area contributed by atoms with Gasteiger partial charge in [0.25, 0.3) is 0 Å². The summed E-state index contributed by atoms with van der Waals surface area (Å²) in [6.07, 6.45) is 5.34. The Morgan fingerprint density at radius 1 is 1.29 bits per heavy atom. The summed E-state index contributed by atoms with van der Waals surface area (Å²) < 4.78 is 26.1. The second-order valence-corrected chi connectivity index (χ2v) is 9.45. The van der Waals surface area contributed by atoms with Crippen molar-refractivity contribution in [3.05, 3.63) is 58.4 Å². The van der Waals surface area contributed by atoms with Crippen molar-refractivity contribution >= 4 is 40.1 Å². The molecule has 1 fully saturated rings. The van der Waals surface area contributed by atoms with Gasteiger partial charge in [-0.1, -0.05) is 0 Å². The number of anilines is 1. The van der Waals surface area contributed by atoms with Crippen LogP contribution in [0.2, 0.25) is 0 Å². The molecule has 0 amide bonds. The van der Waals surface area contributed by atoms with Crippen molar-refractivity contribution in [1.29, 1.82) is 0 Å². The Labute approximate surface area is 219 Å². The van der Waals surface area contributed by atoms with E-state index in [1.807, 2.05) is 6.92 Å². The average Bonchev–Trinajstić information content (AvgIpc) is 3.37. The molecule has 0 atom stereocenters. The molecule has 0 aliphatic carbocycles. The summed E-state index contributed by atoms with van der Waals surface area (Å²) in [6.45, 7) is 3.60. The number of aromatic carboxylic acids is 1. The highest BCUT2D eigenvalue weighted by Crippen LogP contribution is 2.30. The van der Waals surface area contributed by atoms with Crippen LogP contribution in [0.5, 0.6) is 0 Å². The Hall–Kier alpha value is -4.10. The Balaban J connectivity index is 1.49. The third-order valence-corrected chi connectivity index (χ3v) is 6.95. The maximum Gasteiger partial charge on any atom is 0.341 e. The monoisotopic (exact) mass is 538 g/mol. The predicted molar refractivity (Wildman–Crippen MR) is 137 cm³/mol. The number of rotatable bonds is 10. The first-order valence-corrected chi connectivity index (χ1v) is 12.7. The zero-order valence-electron chi connectivity index (χ0n) is 20.3. The lowest BCUT2D eigenvalue weighted by atomic mass is 9.92. The van der Waals surface area contributed by atoms with E-state index in [0.717, 1.165) is 23.8 Å². The second-order valence-electron chi connectivity index (χ2n) is 8.72. The summed E-state index contributed by atoms with van der Waals surface area (Å²) in [5.74, 6) is -2.06. The predicted octanol–water partition coefficient (Wildman–Crippen LogP) is 2.96. The van der Waals surface area contributed by atoms with E-state index in [1.165, 1.54) is 4.57 Å². The zero-order valence-corrected chi connectivity index (χ0v) is 21.2. The molecule has 1 aliphatic rings. The molecule has 0 spiro atoms. The minimum absolute atomic E-state index is 0.0240. The smallest absolute Gasteiger partial charge is 0.341 e. The molecule has 0 saturated carbocycles. The van der Waals surface area contributed by atoms with Crippen LogP contribution in [-0.4, -0.2) is 67.1 Å². The maximum absolute atomic E-state index is 15.1. The first-order valence-electron chi connectivity index (χ1n) is 12.0. The normalized spacial score (nSPS) is 13.6. The van der Waals surface area contributed by atoms with Crippen molar-refractivity contribution in [2.45, 2.75) is 19.8 Å². The standard InChI is InChI=1S/C25H23FN6O5S/c1-2-37-8-4-6-19(33)15-11-31(12-15)23-18(26)9-16-20(34)17(24(35)36)13-32(22(16)29-23)25-28-21(30-38-25)14-5-3-7-27-10-14/h3,5,7,9-10,13,15H,2,4,6,8,11-12H2,1H3,(H,35,36). The summed E-state index contributed by atoms with van der Waals surface area (Å²) in [5, 5.41) is 9.64. The van der Waals surface area contributed by atoms with E-state index < -0.39 is 22.8 Å². The quantitative estimate of drug-likeness (QED) is 0.300. The lowest BCUT2D eigenvalue weighted by Gasteiger charge is -2.39. The number of carboxylic acids is 1. The molecule has 1 aliphatic heterocycles. The number of pyridine rings is 3. The zero-order chi connectivity index (χ0) is 26.8. The molecule has 196 valence electrons. The highest BCUT2D eigenvalue weighted by Gasteiger charge is 2.35. The van der Waals surface area contributed by atoms with Crippen LogP contribution in [-0.2, 0) is 9.53 Å². The maximum atomic E-state index is 15.1. The lowest BCUT2D eigenvalue weighted by Crippen LogP contribution is -2.51. The van der Waals surface area contributed by atoms with Crippen LogP contribution in [0.3, 0.4) is 0 Å². The minimum atomic E-state index is -1.46. The lowest BCUT2D eigenvalue weighted by molar-refractivity contribution is -0.123. The fourth-order valence-corrected chi connectivity index (χ4v) is 4.88. The molecule has 11 nitrogen and oxygen atoms in total. The van der Waals surface area contributed by atoms with Gasteiger partial charge in [-0.25, -0.2) is 14.2 Å². The molecule has 5 rings (SSSR count). The fraction of sp³-hybridized carbons (Fsp3) is 0.320. The molecule has 13 heteroatoms. The number of carboxylic acid groups (broad SMARTS) is 1. The van der Waals surface area contributed by atoms with Crippen molar-refractivity contribution in [2.24, 2.45) is 5.92 Å². The number of ether oxygens (including phenoxy) is 1. The van der Waals surface area contributed by atoms with Gasteiger partial charge in [0.15, 0.2) is 23.1 Å². The highest BCUT2D eigenvalue weighted by atomic mass is 32.1. The molecular formula is C25H23FN6O5S. The van der Waals surface area contributed by atoms with E-state index in [4.69, 9.17) is 4.74 Å². The largest absolute Gasteiger partial charge is 0.477 e. The van der Waals surface area contributed by atoms with E-state index in [9.17, 15) is 19.5 Å². The second kappa shape index (κ2) is 10.7. The molecular weight excluding hydrogens is 515 g/mol. The van der Waals surface area contributed by atoms with Crippen molar-refractivity contribution in [3.63, 3.8) is 0 Å². The van der Waals surface area contributed by atoms with E-state index in [2.05, 4.69) is 19.3 Å². The first-order chi connectivity index (χ1) is 18.4. The third kappa shape index (κ3) is 4.89. The number of ketones is 1. The molecule has 0 unspecified atom stereocenters. The molecule has 4 aromatic heterocycles. The SMILES string of the molecule is CCOCCCC(=O)C1CN(c2nc3c(cc2F)c(=O)c(C(=O)O)cn3-c2nc(-c3cccnc3)ns2)C1. The summed E-state index contributed by atoms with van der Waals surface area (Å²) in [5.41, 5.74) is -0.719. The number of carbonyl (C=O) groups is 2. The van der Waals surface area contributed by atoms with Gasteiger partial charge in [0.05, 0.1) is 11.3 Å². The average molecular weight is 539 g/mol. The van der Waals surface area contributed by atoms with Crippen LogP contribution in [0.25, 0.3) is 27.6 Å². The van der Waals surface area contributed by atoms with E-state index in [1.54, 1.807) is 29.4 Å². The van der Waals surface area contributed by atoms with E-state index in [-0.39, 0.29) is 33.7 Å². The number of halogens is 1. The van der Waals surface area contributed by atoms with Gasteiger partial charge >= 0.3 is 5.97 Å². The molecule has 1 N–H and O–H groups in total. The third-order valence-electron chi connectivity index (χ3n) is 6.24. The molecule has 0 bridgehead atoms. The first kappa shape index (κ1) is 25.5. The van der Waals surface area contributed by atoms with Crippen molar-refractivity contribution in [3.8, 4) is 16.5 Å². The van der Waals surface area contributed by atoms with Gasteiger partial charge in [-0.3, -0.25) is 19.1 Å². The van der Waals surface area contributed by atoms with E-state index >= 15 is 4.39 Å². The van der Waals surface area contributed by atoms with Crippen LogP contribution in [0.15, 0.2) is 41.6 Å². The Morgan fingerprint density at radius 3 is 2.82 bits per heavy atom. The summed E-state index contributed by atoms with van der Waals surface area (Å²) >= 11 is 0.969. The Morgan fingerprint density at radius 2 is 2.11 bits per heavy atom.